The van der Waals surface area contributed by atoms with Crippen molar-refractivity contribution in [1.29, 1.82) is 0 Å². The molecule has 2 aromatic rings. The van der Waals surface area contributed by atoms with Crippen LogP contribution in [0.2, 0.25) is 0 Å². The third-order valence-corrected chi connectivity index (χ3v) is 7.10. The van der Waals surface area contributed by atoms with E-state index in [0.29, 0.717) is 58.7 Å². The maximum Gasteiger partial charge on any atom is 0.267 e. The predicted molar refractivity (Wildman–Crippen MR) is 130 cm³/mol. The molecule has 0 unspecified atom stereocenters. The van der Waals surface area contributed by atoms with E-state index >= 15 is 0 Å². The molecule has 0 saturated carbocycles. The molecule has 2 aliphatic rings. The van der Waals surface area contributed by atoms with Crippen LogP contribution in [-0.2, 0) is 9.59 Å². The maximum absolute atomic E-state index is 13.5. The second-order valence-electron chi connectivity index (χ2n) is 7.78. The lowest BCUT2D eigenvalue weighted by Gasteiger charge is -2.32. The van der Waals surface area contributed by atoms with E-state index in [-0.39, 0.29) is 23.3 Å². The van der Waals surface area contributed by atoms with Gasteiger partial charge in [-0.05, 0) is 37.5 Å². The van der Waals surface area contributed by atoms with Crippen LogP contribution < -0.4 is 16.2 Å². The van der Waals surface area contributed by atoms with Crippen LogP contribution in [0.5, 0.6) is 0 Å². The number of nitrogens with two attached hydrogens (primary N) is 1. The first kappa shape index (κ1) is 22.2. The third-order valence-electron chi connectivity index (χ3n) is 5.72. The van der Waals surface area contributed by atoms with Gasteiger partial charge in [0.1, 0.15) is 15.8 Å². The van der Waals surface area contributed by atoms with E-state index in [1.54, 1.807) is 24.4 Å². The van der Waals surface area contributed by atoms with Gasteiger partial charge in [0.05, 0.1) is 10.5 Å². The number of fused-ring (bicyclic) bond motifs is 1. The number of nitrogens with zero attached hydrogens (tertiary/aromatic N) is 4. The first-order valence-corrected chi connectivity index (χ1v) is 11.5. The van der Waals surface area contributed by atoms with Gasteiger partial charge in [0.25, 0.3) is 11.5 Å². The summed E-state index contributed by atoms with van der Waals surface area (Å²) in [6.45, 7) is 6.95. The highest BCUT2D eigenvalue weighted by molar-refractivity contribution is 8.26. The lowest BCUT2D eigenvalue weighted by atomic mass is 9.96. The summed E-state index contributed by atoms with van der Waals surface area (Å²) >= 11 is 6.48. The van der Waals surface area contributed by atoms with Gasteiger partial charge in [-0.15, -0.1) is 6.58 Å². The largest absolute Gasteiger partial charge is 0.369 e. The van der Waals surface area contributed by atoms with E-state index in [0.717, 1.165) is 17.3 Å². The van der Waals surface area contributed by atoms with E-state index in [1.165, 1.54) is 9.30 Å². The van der Waals surface area contributed by atoms with Gasteiger partial charge in [0.2, 0.25) is 5.91 Å². The number of piperidine rings is 1. The molecule has 8 nitrogen and oxygen atoms in total. The molecule has 4 heterocycles. The van der Waals surface area contributed by atoms with Gasteiger partial charge < -0.3 is 10.6 Å². The summed E-state index contributed by atoms with van der Waals surface area (Å²) in [6.07, 6.45) is 6.04. The highest BCUT2D eigenvalue weighted by atomic mass is 32.2. The molecule has 0 bridgehead atoms. The number of rotatable bonds is 5. The van der Waals surface area contributed by atoms with Crippen LogP contribution in [-0.4, -0.2) is 50.1 Å². The van der Waals surface area contributed by atoms with Crippen molar-refractivity contribution in [3.05, 3.63) is 57.4 Å². The van der Waals surface area contributed by atoms with Crippen LogP contribution in [0.25, 0.3) is 11.7 Å². The number of hydrogen-bond donors (Lipinski definition) is 1. The molecule has 2 aromatic heterocycles. The SMILES string of the molecule is C=CCN1C(=O)/C(=C\c2c(N3CCC(C(N)=O)CC3)nc3c(C)cccn3c2=O)SC1=S. The molecule has 10 heteroatoms. The zero-order chi connectivity index (χ0) is 23.0. The highest BCUT2D eigenvalue weighted by Gasteiger charge is 2.33. The maximum atomic E-state index is 13.5. The molecule has 0 aromatic carbocycles. The van der Waals surface area contributed by atoms with Gasteiger partial charge >= 0.3 is 0 Å². The van der Waals surface area contributed by atoms with Crippen molar-refractivity contribution in [2.75, 3.05) is 24.5 Å². The molecule has 0 aliphatic carbocycles. The molecule has 4 rings (SSSR count). The topological polar surface area (TPSA) is 101 Å². The summed E-state index contributed by atoms with van der Waals surface area (Å²) in [5.74, 6) is -0.250. The molecule has 32 heavy (non-hydrogen) atoms. The number of thioether (sulfide) groups is 1. The Bertz CT molecular complexity index is 1230. The quantitative estimate of drug-likeness (QED) is 0.406. The minimum Gasteiger partial charge on any atom is -0.369 e. The number of thiocarbonyl (C=S) groups is 1. The fourth-order valence-electron chi connectivity index (χ4n) is 3.96. The molecule has 0 atom stereocenters. The van der Waals surface area contributed by atoms with Crippen molar-refractivity contribution < 1.29 is 9.59 Å². The monoisotopic (exact) mass is 469 g/mol. The molecule has 2 N–H and O–H groups in total. The van der Waals surface area contributed by atoms with Crippen LogP contribution in [0.4, 0.5) is 5.82 Å². The van der Waals surface area contributed by atoms with Gasteiger partial charge in [-0.3, -0.25) is 23.7 Å². The number of aromatic nitrogens is 2. The lowest BCUT2D eigenvalue weighted by molar-refractivity contribution is -0.122. The van der Waals surface area contributed by atoms with Crippen molar-refractivity contribution >= 4 is 57.7 Å². The Morgan fingerprint density at radius 3 is 2.75 bits per heavy atom. The van der Waals surface area contributed by atoms with Crippen molar-refractivity contribution in [2.45, 2.75) is 19.8 Å². The normalized spacial score (nSPS) is 18.7. The van der Waals surface area contributed by atoms with Crippen LogP contribution in [0.15, 0.2) is 40.7 Å². The second-order valence-corrected chi connectivity index (χ2v) is 9.46. The van der Waals surface area contributed by atoms with E-state index in [9.17, 15) is 14.4 Å². The van der Waals surface area contributed by atoms with E-state index in [2.05, 4.69) is 6.58 Å². The second kappa shape index (κ2) is 8.87. The Balaban J connectivity index is 1.83. The Hall–Kier alpha value is -2.98. The van der Waals surface area contributed by atoms with Crippen LogP contribution in [0.3, 0.4) is 0 Å². The molecule has 2 amide bonds. The third kappa shape index (κ3) is 3.95. The standard InChI is InChI=1S/C22H23N5O3S2/c1-3-8-27-21(30)16(32-22(27)31)12-15-19(25-10-6-14(7-11-25)17(23)28)24-18-13(2)5-4-9-26(18)20(15)29/h3-5,9,12,14H,1,6-8,10-11H2,2H3,(H2,23,28)/b16-12+. The van der Waals surface area contributed by atoms with Gasteiger partial charge in [0.15, 0.2) is 0 Å². The fourth-order valence-corrected chi connectivity index (χ4v) is 5.22. The van der Waals surface area contributed by atoms with Gasteiger partial charge in [0, 0.05) is 31.7 Å². The smallest absolute Gasteiger partial charge is 0.267 e. The van der Waals surface area contributed by atoms with Crippen LogP contribution >= 0.6 is 24.0 Å². The first-order valence-electron chi connectivity index (χ1n) is 10.2. The lowest BCUT2D eigenvalue weighted by Crippen LogP contribution is -2.40. The molecular formula is C22H23N5O3S2. The fraction of sp³-hybridized carbons (Fsp3) is 0.318. The Morgan fingerprint density at radius 1 is 1.38 bits per heavy atom. The Labute approximate surface area is 194 Å². The Morgan fingerprint density at radius 2 is 2.09 bits per heavy atom. The Kier molecular flexibility index (Phi) is 6.16. The number of pyridine rings is 1. The van der Waals surface area contributed by atoms with Crippen molar-refractivity contribution in [3.8, 4) is 0 Å². The molecule has 0 spiro atoms. The molecule has 2 fully saturated rings. The van der Waals surface area contributed by atoms with Crippen LogP contribution in [0.1, 0.15) is 24.0 Å². The molecule has 2 aliphatic heterocycles. The van der Waals surface area contributed by atoms with Gasteiger partial charge in [-0.25, -0.2) is 4.98 Å². The van der Waals surface area contributed by atoms with E-state index < -0.39 is 0 Å². The number of hydrogen-bond acceptors (Lipinski definition) is 7. The zero-order valence-electron chi connectivity index (χ0n) is 17.6. The number of anilines is 1. The van der Waals surface area contributed by atoms with Crippen molar-refractivity contribution in [3.63, 3.8) is 0 Å². The van der Waals surface area contributed by atoms with Crippen LogP contribution in [0, 0.1) is 12.8 Å². The number of carbonyl (C=O) groups is 2. The number of primary amides is 1. The number of carbonyl (C=O) groups excluding carboxylic acids is 2. The van der Waals surface area contributed by atoms with Gasteiger partial charge in [-0.1, -0.05) is 36.1 Å². The number of amides is 2. The first-order chi connectivity index (χ1) is 15.3. The summed E-state index contributed by atoms with van der Waals surface area (Å²) in [5, 5.41) is 0. The van der Waals surface area contributed by atoms with E-state index in [1.807, 2.05) is 17.9 Å². The minimum atomic E-state index is -0.307. The molecule has 166 valence electrons. The highest BCUT2D eigenvalue weighted by Crippen LogP contribution is 2.34. The average Bonchev–Trinajstić information content (AvgIpc) is 3.04. The van der Waals surface area contributed by atoms with Gasteiger partial charge in [-0.2, -0.15) is 0 Å². The summed E-state index contributed by atoms with van der Waals surface area (Å²) in [7, 11) is 0. The summed E-state index contributed by atoms with van der Waals surface area (Å²) < 4.78 is 1.92. The van der Waals surface area contributed by atoms with E-state index in [4.69, 9.17) is 22.9 Å². The summed E-state index contributed by atoms with van der Waals surface area (Å²) in [4.78, 5) is 46.6. The summed E-state index contributed by atoms with van der Waals surface area (Å²) in [5.41, 5.74) is 6.95. The zero-order valence-corrected chi connectivity index (χ0v) is 19.2. The predicted octanol–water partition coefficient (Wildman–Crippen LogP) is 2.09. The number of aryl methyl sites for hydroxylation is 1. The van der Waals surface area contributed by atoms with Crippen molar-refractivity contribution in [1.82, 2.24) is 14.3 Å². The average molecular weight is 470 g/mol. The molecule has 0 radical (unpaired) electrons. The van der Waals surface area contributed by atoms with Crippen molar-refractivity contribution in [2.24, 2.45) is 11.7 Å². The minimum absolute atomic E-state index is 0.187. The molecular weight excluding hydrogens is 446 g/mol. The molecule has 2 saturated heterocycles. The summed E-state index contributed by atoms with van der Waals surface area (Å²) in [6, 6.07) is 3.68.